The molecule has 0 aliphatic carbocycles. The van der Waals surface area contributed by atoms with Gasteiger partial charge in [-0.05, 0) is 35.4 Å². The van der Waals surface area contributed by atoms with Crippen molar-refractivity contribution in [2.75, 3.05) is 33.2 Å². The Morgan fingerprint density at radius 3 is 2.20 bits per heavy atom. The molecule has 2 aromatic carbocycles. The second-order valence-electron chi connectivity index (χ2n) is 5.69. The summed E-state index contributed by atoms with van der Waals surface area (Å²) in [6.07, 6.45) is 0. The zero-order valence-electron chi connectivity index (χ0n) is 15.2. The van der Waals surface area contributed by atoms with Crippen LogP contribution in [0.2, 0.25) is 0 Å². The van der Waals surface area contributed by atoms with Crippen LogP contribution in [0.5, 0.6) is 5.75 Å². The molecule has 0 radical (unpaired) electrons. The molecule has 5 nitrogen and oxygen atoms in total. The minimum absolute atomic E-state index is 0. The van der Waals surface area contributed by atoms with Gasteiger partial charge in [-0.1, -0.05) is 24.3 Å². The fourth-order valence-corrected chi connectivity index (χ4v) is 2.28. The number of hydrogen-bond acceptors (Lipinski definition) is 3. The minimum Gasteiger partial charge on any atom is -0.497 e. The summed E-state index contributed by atoms with van der Waals surface area (Å²) in [7, 11) is 7.54. The average Bonchev–Trinajstić information content (AvgIpc) is 2.62. The number of halogens is 1. The summed E-state index contributed by atoms with van der Waals surface area (Å²) in [6.45, 7) is 1.44. The maximum absolute atomic E-state index is 5.17. The minimum atomic E-state index is 0. The Kier molecular flexibility index (Phi) is 9.12. The highest BCUT2D eigenvalue weighted by Gasteiger charge is 2.01. The summed E-state index contributed by atoms with van der Waals surface area (Å²) < 4.78 is 5.17. The van der Waals surface area contributed by atoms with Crippen LogP contribution in [0.25, 0.3) is 0 Å². The van der Waals surface area contributed by atoms with Crippen molar-refractivity contribution in [2.24, 2.45) is 4.99 Å². The van der Waals surface area contributed by atoms with Gasteiger partial charge in [0.25, 0.3) is 0 Å². The van der Waals surface area contributed by atoms with Gasteiger partial charge >= 0.3 is 0 Å². The van der Waals surface area contributed by atoms with Crippen LogP contribution in [0, 0.1) is 0 Å². The van der Waals surface area contributed by atoms with Gasteiger partial charge in [-0.15, -0.1) is 24.0 Å². The van der Waals surface area contributed by atoms with Crippen LogP contribution in [0.1, 0.15) is 11.1 Å². The quantitative estimate of drug-likeness (QED) is 0.400. The Hall–Kier alpha value is -1.96. The van der Waals surface area contributed by atoms with Crippen molar-refractivity contribution < 1.29 is 4.74 Å². The first-order valence-electron chi connectivity index (χ1n) is 7.96. The molecule has 0 saturated heterocycles. The van der Waals surface area contributed by atoms with Gasteiger partial charge in [-0.2, -0.15) is 0 Å². The van der Waals surface area contributed by atoms with Gasteiger partial charge in [-0.3, -0.25) is 4.99 Å². The van der Waals surface area contributed by atoms with Crippen LogP contribution in [-0.2, 0) is 13.1 Å². The number of aliphatic imine (C=N–C) groups is 1. The molecule has 0 spiro atoms. The summed E-state index contributed by atoms with van der Waals surface area (Å²) in [5.74, 6) is 1.64. The third kappa shape index (κ3) is 6.81. The van der Waals surface area contributed by atoms with Gasteiger partial charge in [0, 0.05) is 39.9 Å². The molecule has 0 amide bonds. The predicted octanol–water partition coefficient (Wildman–Crippen LogP) is 3.24. The van der Waals surface area contributed by atoms with E-state index >= 15 is 0 Å². The van der Waals surface area contributed by atoms with Crippen molar-refractivity contribution in [2.45, 2.75) is 13.1 Å². The van der Waals surface area contributed by atoms with Crippen molar-refractivity contribution in [3.05, 3.63) is 59.7 Å². The fraction of sp³-hybridized carbons (Fsp3) is 0.316. The number of ether oxygens (including phenoxy) is 1. The van der Waals surface area contributed by atoms with Crippen LogP contribution in [-0.4, -0.2) is 34.2 Å². The highest BCUT2D eigenvalue weighted by molar-refractivity contribution is 14.0. The number of hydrogen-bond donors (Lipinski definition) is 2. The van der Waals surface area contributed by atoms with Crippen LogP contribution in [0.3, 0.4) is 0 Å². The van der Waals surface area contributed by atoms with E-state index in [0.29, 0.717) is 6.54 Å². The Balaban J connectivity index is 0.00000312. The standard InChI is InChI=1S/C19H26N4O.HI/c1-20-19(21-13-15-8-10-18(24-4)11-9-15)22-14-16-6-5-7-17(12-16)23(2)3;/h5-12H,13-14H2,1-4H3,(H2,20,21,22);1H. The molecule has 25 heavy (non-hydrogen) atoms. The van der Waals surface area contributed by atoms with E-state index in [4.69, 9.17) is 4.74 Å². The molecule has 6 heteroatoms. The SMILES string of the molecule is CN=C(NCc1ccc(OC)cc1)NCc1cccc(N(C)C)c1.I. The molecule has 2 aromatic rings. The molecule has 0 atom stereocenters. The number of methoxy groups -OCH3 is 1. The van der Waals surface area contributed by atoms with E-state index in [1.54, 1.807) is 14.2 Å². The van der Waals surface area contributed by atoms with Crippen LogP contribution in [0.4, 0.5) is 5.69 Å². The Labute approximate surface area is 167 Å². The lowest BCUT2D eigenvalue weighted by Gasteiger charge is -2.15. The summed E-state index contributed by atoms with van der Waals surface area (Å²) in [4.78, 5) is 6.37. The first-order chi connectivity index (χ1) is 11.6. The van der Waals surface area contributed by atoms with Crippen molar-refractivity contribution in [3.8, 4) is 5.75 Å². The number of nitrogens with one attached hydrogen (secondary N) is 2. The summed E-state index contributed by atoms with van der Waals surface area (Å²) in [6, 6.07) is 16.4. The number of rotatable bonds is 6. The van der Waals surface area contributed by atoms with Gasteiger partial charge < -0.3 is 20.3 Å². The lowest BCUT2D eigenvalue weighted by atomic mass is 10.2. The lowest BCUT2D eigenvalue weighted by molar-refractivity contribution is 0.414. The van der Waals surface area contributed by atoms with E-state index in [-0.39, 0.29) is 24.0 Å². The third-order valence-electron chi connectivity index (χ3n) is 3.73. The smallest absolute Gasteiger partial charge is 0.191 e. The zero-order chi connectivity index (χ0) is 17.4. The highest BCUT2D eigenvalue weighted by atomic mass is 127. The first kappa shape index (κ1) is 21.1. The zero-order valence-corrected chi connectivity index (χ0v) is 17.6. The monoisotopic (exact) mass is 454 g/mol. The molecule has 2 N–H and O–H groups in total. The maximum Gasteiger partial charge on any atom is 0.191 e. The molecular formula is C19H27IN4O. The van der Waals surface area contributed by atoms with E-state index in [1.165, 1.54) is 16.8 Å². The van der Waals surface area contributed by atoms with Crippen LogP contribution < -0.4 is 20.3 Å². The topological polar surface area (TPSA) is 48.9 Å². The molecule has 136 valence electrons. The molecule has 0 aliphatic rings. The van der Waals surface area contributed by atoms with E-state index in [9.17, 15) is 0 Å². The summed E-state index contributed by atoms with van der Waals surface area (Å²) >= 11 is 0. The summed E-state index contributed by atoms with van der Waals surface area (Å²) in [5, 5.41) is 6.66. The van der Waals surface area contributed by atoms with Gasteiger partial charge in [0.15, 0.2) is 5.96 Å². The molecule has 0 aliphatic heterocycles. The molecule has 2 rings (SSSR count). The average molecular weight is 454 g/mol. The van der Waals surface area contributed by atoms with Crippen LogP contribution in [0.15, 0.2) is 53.5 Å². The number of nitrogens with zero attached hydrogens (tertiary/aromatic N) is 2. The largest absolute Gasteiger partial charge is 0.497 e. The Bertz CT molecular complexity index is 671. The number of guanidine groups is 1. The first-order valence-corrected chi connectivity index (χ1v) is 7.96. The van der Waals surface area contributed by atoms with Crippen molar-refractivity contribution in [1.29, 1.82) is 0 Å². The number of anilines is 1. The second-order valence-corrected chi connectivity index (χ2v) is 5.69. The molecule has 0 bridgehead atoms. The molecule has 0 unspecified atom stereocenters. The summed E-state index contributed by atoms with van der Waals surface area (Å²) in [5.41, 5.74) is 3.58. The fourth-order valence-electron chi connectivity index (χ4n) is 2.28. The van der Waals surface area contributed by atoms with Crippen molar-refractivity contribution in [3.63, 3.8) is 0 Å². The Morgan fingerprint density at radius 2 is 1.64 bits per heavy atom. The molecular weight excluding hydrogens is 427 g/mol. The van der Waals surface area contributed by atoms with Gasteiger partial charge in [0.1, 0.15) is 5.75 Å². The van der Waals surface area contributed by atoms with Gasteiger partial charge in [-0.25, -0.2) is 0 Å². The lowest BCUT2D eigenvalue weighted by Crippen LogP contribution is -2.36. The molecule has 0 fully saturated rings. The molecule has 0 saturated carbocycles. The maximum atomic E-state index is 5.17. The Morgan fingerprint density at radius 1 is 1.00 bits per heavy atom. The van der Waals surface area contributed by atoms with E-state index in [1.807, 2.05) is 38.4 Å². The predicted molar refractivity (Wildman–Crippen MR) is 116 cm³/mol. The van der Waals surface area contributed by atoms with Gasteiger partial charge in [0.2, 0.25) is 0 Å². The highest BCUT2D eigenvalue weighted by Crippen LogP contribution is 2.13. The number of benzene rings is 2. The normalized spacial score (nSPS) is 10.6. The van der Waals surface area contributed by atoms with Crippen molar-refractivity contribution >= 4 is 35.6 Å². The molecule has 0 aromatic heterocycles. The van der Waals surface area contributed by atoms with Crippen LogP contribution >= 0.6 is 24.0 Å². The van der Waals surface area contributed by atoms with E-state index < -0.39 is 0 Å². The van der Waals surface area contributed by atoms with E-state index in [2.05, 4.69) is 44.8 Å². The van der Waals surface area contributed by atoms with Crippen molar-refractivity contribution in [1.82, 2.24) is 10.6 Å². The second kappa shape index (κ2) is 10.8. The third-order valence-corrected chi connectivity index (χ3v) is 3.73. The van der Waals surface area contributed by atoms with E-state index in [0.717, 1.165) is 18.3 Å². The van der Waals surface area contributed by atoms with Gasteiger partial charge in [0.05, 0.1) is 7.11 Å². The molecule has 0 heterocycles.